The van der Waals surface area contributed by atoms with Crippen LogP contribution in [0.15, 0.2) is 59.1 Å². The number of furan rings is 1. The number of rotatable bonds is 7. The minimum Gasteiger partial charge on any atom is -0.497 e. The average molecular weight is 409 g/mol. The van der Waals surface area contributed by atoms with Gasteiger partial charge in [0, 0.05) is 18.3 Å². The van der Waals surface area contributed by atoms with Crippen molar-refractivity contribution in [3.8, 4) is 5.75 Å². The molecule has 1 aliphatic rings. The molecular weight excluding hydrogens is 378 g/mol. The third-order valence-corrected chi connectivity index (χ3v) is 5.63. The van der Waals surface area contributed by atoms with Crippen LogP contribution >= 0.6 is 0 Å². The fraction of sp³-hybridized carbons (Fsp3) is 0.375. The van der Waals surface area contributed by atoms with E-state index < -0.39 is 0 Å². The van der Waals surface area contributed by atoms with Crippen LogP contribution in [0.5, 0.6) is 5.75 Å². The number of amides is 1. The molecule has 1 amide bonds. The van der Waals surface area contributed by atoms with Gasteiger partial charge in [-0.2, -0.15) is 0 Å². The molecule has 1 aromatic carbocycles. The standard InChI is InChI=1S/C24H29N3O3/c1-17(2)15-25-24(28)22-10-9-20(30-22)16-27-13-12-26-11-5-8-21(26)23(27)18-6-4-7-19(14-18)29-3/h4-11,14,17,23H,12-13,15-16H2,1-3H3,(H,25,28)/p+1/t23-/m0/s1. The number of hydrogen-bond acceptors (Lipinski definition) is 3. The number of fused-ring (bicyclic) bond motifs is 1. The lowest BCUT2D eigenvalue weighted by Crippen LogP contribution is -3.12. The molecule has 2 aromatic heterocycles. The summed E-state index contributed by atoms with van der Waals surface area (Å²) in [5.41, 5.74) is 2.50. The predicted octanol–water partition coefficient (Wildman–Crippen LogP) is 2.66. The van der Waals surface area contributed by atoms with Gasteiger partial charge in [0.2, 0.25) is 0 Å². The first-order chi connectivity index (χ1) is 14.5. The molecule has 0 radical (unpaired) electrons. The molecule has 0 bridgehead atoms. The molecule has 0 fully saturated rings. The molecule has 0 saturated heterocycles. The summed E-state index contributed by atoms with van der Waals surface area (Å²) >= 11 is 0. The molecule has 0 spiro atoms. The number of methoxy groups -OCH3 is 1. The summed E-state index contributed by atoms with van der Waals surface area (Å²) in [6, 6.07) is 16.4. The maximum atomic E-state index is 12.3. The van der Waals surface area contributed by atoms with Crippen molar-refractivity contribution in [3.63, 3.8) is 0 Å². The molecule has 158 valence electrons. The van der Waals surface area contributed by atoms with Crippen LogP contribution in [-0.2, 0) is 13.1 Å². The van der Waals surface area contributed by atoms with Gasteiger partial charge < -0.3 is 23.9 Å². The number of hydrogen-bond donors (Lipinski definition) is 2. The first kappa shape index (κ1) is 20.3. The van der Waals surface area contributed by atoms with Gasteiger partial charge in [0.1, 0.15) is 12.3 Å². The highest BCUT2D eigenvalue weighted by Crippen LogP contribution is 2.25. The Bertz CT molecular complexity index is 1000. The van der Waals surface area contributed by atoms with Crippen molar-refractivity contribution in [2.24, 2.45) is 5.92 Å². The molecule has 2 N–H and O–H groups in total. The zero-order valence-electron chi connectivity index (χ0n) is 17.9. The van der Waals surface area contributed by atoms with Crippen molar-refractivity contribution in [1.29, 1.82) is 0 Å². The summed E-state index contributed by atoms with van der Waals surface area (Å²) in [5, 5.41) is 2.92. The van der Waals surface area contributed by atoms with Gasteiger partial charge in [-0.15, -0.1) is 0 Å². The quantitative estimate of drug-likeness (QED) is 0.632. The third kappa shape index (κ3) is 4.28. The Morgan fingerprint density at radius 3 is 2.93 bits per heavy atom. The topological polar surface area (TPSA) is 60.8 Å². The predicted molar refractivity (Wildman–Crippen MR) is 115 cm³/mol. The number of carbonyl (C=O) groups is 1. The van der Waals surface area contributed by atoms with E-state index >= 15 is 0 Å². The van der Waals surface area contributed by atoms with Crippen LogP contribution in [0.2, 0.25) is 0 Å². The van der Waals surface area contributed by atoms with E-state index in [-0.39, 0.29) is 11.9 Å². The summed E-state index contributed by atoms with van der Waals surface area (Å²) < 4.78 is 13.7. The Kier molecular flexibility index (Phi) is 5.95. The SMILES string of the molecule is COc1cccc([C@H]2c3cccn3CC[NH+]2Cc2ccc(C(=O)NCC(C)C)o2)c1. The van der Waals surface area contributed by atoms with Gasteiger partial charge in [-0.3, -0.25) is 4.79 Å². The van der Waals surface area contributed by atoms with Gasteiger partial charge in [-0.1, -0.05) is 26.0 Å². The Labute approximate surface area is 177 Å². The molecule has 1 aliphatic heterocycles. The number of nitrogens with one attached hydrogen (secondary N) is 2. The molecule has 0 aliphatic carbocycles. The van der Waals surface area contributed by atoms with Crippen LogP contribution in [0.4, 0.5) is 0 Å². The van der Waals surface area contributed by atoms with E-state index in [1.165, 1.54) is 16.2 Å². The lowest BCUT2D eigenvalue weighted by molar-refractivity contribution is -0.944. The summed E-state index contributed by atoms with van der Waals surface area (Å²) in [4.78, 5) is 13.7. The maximum absolute atomic E-state index is 12.3. The Morgan fingerprint density at radius 1 is 1.27 bits per heavy atom. The van der Waals surface area contributed by atoms with Gasteiger partial charge in [0.15, 0.2) is 17.6 Å². The normalized spacial score (nSPS) is 18.3. The van der Waals surface area contributed by atoms with Crippen LogP contribution in [-0.4, -0.2) is 30.7 Å². The van der Waals surface area contributed by atoms with E-state index in [2.05, 4.69) is 54.2 Å². The van der Waals surface area contributed by atoms with Crippen LogP contribution in [0.25, 0.3) is 0 Å². The van der Waals surface area contributed by atoms with Gasteiger partial charge in [0.25, 0.3) is 5.91 Å². The molecule has 3 aromatic rings. The van der Waals surface area contributed by atoms with Crippen molar-refractivity contribution in [2.75, 3.05) is 20.2 Å². The molecule has 4 rings (SSSR count). The minimum absolute atomic E-state index is 0.151. The smallest absolute Gasteiger partial charge is 0.287 e. The second kappa shape index (κ2) is 8.79. The number of aromatic nitrogens is 1. The van der Waals surface area contributed by atoms with E-state index in [0.29, 0.717) is 24.8 Å². The van der Waals surface area contributed by atoms with Crippen molar-refractivity contribution in [3.05, 3.63) is 77.5 Å². The Morgan fingerprint density at radius 2 is 2.13 bits per heavy atom. The molecule has 3 heterocycles. The molecular formula is C24H30N3O3+. The highest BCUT2D eigenvalue weighted by molar-refractivity contribution is 5.91. The third-order valence-electron chi connectivity index (χ3n) is 5.63. The van der Waals surface area contributed by atoms with Crippen molar-refractivity contribution in [2.45, 2.75) is 33.0 Å². The molecule has 0 saturated carbocycles. The zero-order valence-corrected chi connectivity index (χ0v) is 17.9. The molecule has 2 atom stereocenters. The van der Waals surface area contributed by atoms with E-state index in [4.69, 9.17) is 9.15 Å². The summed E-state index contributed by atoms with van der Waals surface area (Å²) in [6.07, 6.45) is 2.14. The first-order valence-corrected chi connectivity index (χ1v) is 10.6. The van der Waals surface area contributed by atoms with Crippen LogP contribution in [0.1, 0.15) is 47.5 Å². The van der Waals surface area contributed by atoms with Gasteiger partial charge >= 0.3 is 0 Å². The number of carbonyl (C=O) groups excluding carboxylic acids is 1. The van der Waals surface area contributed by atoms with Crippen molar-refractivity contribution < 1.29 is 18.8 Å². The summed E-state index contributed by atoms with van der Waals surface area (Å²) in [5.74, 6) is 2.32. The molecule has 6 nitrogen and oxygen atoms in total. The van der Waals surface area contributed by atoms with E-state index in [0.717, 1.165) is 24.6 Å². The fourth-order valence-corrected chi connectivity index (χ4v) is 4.13. The molecule has 30 heavy (non-hydrogen) atoms. The van der Waals surface area contributed by atoms with Crippen LogP contribution in [0.3, 0.4) is 0 Å². The average Bonchev–Trinajstić information content (AvgIpc) is 3.41. The second-order valence-corrected chi connectivity index (χ2v) is 8.29. The largest absolute Gasteiger partial charge is 0.497 e. The van der Waals surface area contributed by atoms with Crippen molar-refractivity contribution >= 4 is 5.91 Å². The number of nitrogens with zero attached hydrogens (tertiary/aromatic N) is 1. The first-order valence-electron chi connectivity index (χ1n) is 10.6. The van der Waals surface area contributed by atoms with E-state index in [1.54, 1.807) is 13.2 Å². The maximum Gasteiger partial charge on any atom is 0.287 e. The van der Waals surface area contributed by atoms with E-state index in [1.807, 2.05) is 18.2 Å². The van der Waals surface area contributed by atoms with Gasteiger partial charge in [0.05, 0.1) is 25.9 Å². The lowest BCUT2D eigenvalue weighted by Gasteiger charge is -2.33. The van der Waals surface area contributed by atoms with Crippen LogP contribution in [0, 0.1) is 5.92 Å². The van der Waals surface area contributed by atoms with Crippen molar-refractivity contribution in [1.82, 2.24) is 9.88 Å². The number of ether oxygens (including phenoxy) is 1. The highest BCUT2D eigenvalue weighted by atomic mass is 16.5. The fourth-order valence-electron chi connectivity index (χ4n) is 4.13. The molecule has 6 heteroatoms. The summed E-state index contributed by atoms with van der Waals surface area (Å²) in [7, 11) is 1.70. The summed E-state index contributed by atoms with van der Waals surface area (Å²) in [6.45, 7) is 7.43. The second-order valence-electron chi connectivity index (χ2n) is 8.29. The van der Waals surface area contributed by atoms with E-state index in [9.17, 15) is 4.79 Å². The van der Waals surface area contributed by atoms with Crippen LogP contribution < -0.4 is 15.0 Å². The highest BCUT2D eigenvalue weighted by Gasteiger charge is 2.33. The lowest BCUT2D eigenvalue weighted by atomic mass is 9.99. The van der Waals surface area contributed by atoms with Gasteiger partial charge in [-0.25, -0.2) is 0 Å². The monoisotopic (exact) mass is 408 g/mol. The van der Waals surface area contributed by atoms with Gasteiger partial charge in [-0.05, 0) is 42.3 Å². The number of quaternary nitrogens is 1. The zero-order chi connectivity index (χ0) is 21.1. The molecule has 1 unspecified atom stereocenters. The Hall–Kier alpha value is -2.99. The Balaban J connectivity index is 1.56. The number of benzene rings is 1. The minimum atomic E-state index is -0.151.